The number of rotatable bonds is 8. The van der Waals surface area contributed by atoms with Crippen molar-refractivity contribution in [2.75, 3.05) is 32.3 Å². The van der Waals surface area contributed by atoms with Crippen molar-refractivity contribution < 1.29 is 14.3 Å². The smallest absolute Gasteiger partial charge is 0.246 e. The zero-order chi connectivity index (χ0) is 10.8. The van der Waals surface area contributed by atoms with Gasteiger partial charge in [-0.25, -0.2) is 0 Å². The summed E-state index contributed by atoms with van der Waals surface area (Å²) < 4.78 is 9.97. The van der Waals surface area contributed by atoms with Crippen LogP contribution in [0.5, 0.6) is 0 Å². The lowest BCUT2D eigenvalue weighted by Gasteiger charge is -2.16. The van der Waals surface area contributed by atoms with Gasteiger partial charge in [0.05, 0.1) is 12.6 Å². The van der Waals surface area contributed by atoms with Crippen LogP contribution < -0.4 is 5.32 Å². The van der Waals surface area contributed by atoms with Gasteiger partial charge < -0.3 is 14.8 Å². The second-order valence-corrected chi connectivity index (χ2v) is 3.63. The zero-order valence-corrected chi connectivity index (χ0v) is 10.3. The van der Waals surface area contributed by atoms with E-state index in [0.29, 0.717) is 13.2 Å². The third kappa shape index (κ3) is 7.29. The van der Waals surface area contributed by atoms with Crippen molar-refractivity contribution in [2.24, 2.45) is 0 Å². The molecule has 0 saturated carbocycles. The molecule has 1 unspecified atom stereocenters. The lowest BCUT2D eigenvalue weighted by Crippen LogP contribution is -2.40. The Bertz CT molecular complexity index is 149. The molecule has 0 spiro atoms. The highest BCUT2D eigenvalue weighted by Crippen LogP contribution is 1.96. The predicted octanol–water partition coefficient (Wildman–Crippen LogP) is 0.939. The van der Waals surface area contributed by atoms with Crippen LogP contribution in [0.25, 0.3) is 0 Å². The van der Waals surface area contributed by atoms with Crippen LogP contribution >= 0.6 is 15.9 Å². The van der Waals surface area contributed by atoms with E-state index < -0.39 is 0 Å². The summed E-state index contributed by atoms with van der Waals surface area (Å²) in [5, 5.41) is 3.68. The highest BCUT2D eigenvalue weighted by Gasteiger charge is 2.10. The van der Waals surface area contributed by atoms with Crippen LogP contribution in [0.15, 0.2) is 0 Å². The molecule has 84 valence electrons. The Morgan fingerprint density at radius 2 is 2.29 bits per heavy atom. The topological polar surface area (TPSA) is 47.6 Å². The molecule has 0 aromatic heterocycles. The van der Waals surface area contributed by atoms with Crippen molar-refractivity contribution >= 4 is 21.8 Å². The van der Waals surface area contributed by atoms with E-state index >= 15 is 0 Å². The summed E-state index contributed by atoms with van der Waals surface area (Å²) in [5.74, 6) is -0.0881. The number of amides is 1. The molecule has 0 aliphatic carbocycles. The molecule has 5 heteroatoms. The molecule has 14 heavy (non-hydrogen) atoms. The van der Waals surface area contributed by atoms with Crippen LogP contribution in [0.1, 0.15) is 13.3 Å². The number of hydrogen-bond donors (Lipinski definition) is 1. The van der Waals surface area contributed by atoms with Crippen LogP contribution in [-0.4, -0.2) is 44.2 Å². The first-order valence-corrected chi connectivity index (χ1v) is 5.78. The minimum atomic E-state index is -0.0881. The minimum Gasteiger partial charge on any atom is -0.383 e. The lowest BCUT2D eigenvalue weighted by molar-refractivity contribution is -0.126. The first kappa shape index (κ1) is 13.9. The lowest BCUT2D eigenvalue weighted by atomic mass is 10.2. The molecule has 0 radical (unpaired) electrons. The Morgan fingerprint density at radius 1 is 1.57 bits per heavy atom. The highest BCUT2D eigenvalue weighted by atomic mass is 79.9. The van der Waals surface area contributed by atoms with Gasteiger partial charge in [0.1, 0.15) is 6.61 Å². The fourth-order valence-electron chi connectivity index (χ4n) is 0.994. The maximum absolute atomic E-state index is 11.3. The molecular formula is C9H18BrNO3. The molecule has 0 bridgehead atoms. The minimum absolute atomic E-state index is 0.0623. The molecule has 1 amide bonds. The molecule has 0 aliphatic rings. The number of methoxy groups -OCH3 is 1. The summed E-state index contributed by atoms with van der Waals surface area (Å²) in [6.45, 7) is 3.07. The fourth-order valence-corrected chi connectivity index (χ4v) is 1.55. The van der Waals surface area contributed by atoms with E-state index in [1.54, 1.807) is 7.11 Å². The van der Waals surface area contributed by atoms with Crippen LogP contribution in [0, 0.1) is 0 Å². The molecule has 0 heterocycles. The largest absolute Gasteiger partial charge is 0.383 e. The average molecular weight is 268 g/mol. The van der Waals surface area contributed by atoms with Gasteiger partial charge in [0.15, 0.2) is 0 Å². The second-order valence-electron chi connectivity index (χ2n) is 2.83. The standard InChI is InChI=1S/C9H18BrNO3/c1-3-14-7-9(12)11-8(4-5-10)6-13-2/h8H,3-7H2,1-2H3,(H,11,12). The molecule has 0 saturated heterocycles. The summed E-state index contributed by atoms with van der Waals surface area (Å²) in [6, 6.07) is 0.0623. The number of alkyl halides is 1. The molecule has 4 nitrogen and oxygen atoms in total. The van der Waals surface area contributed by atoms with Crippen LogP contribution in [-0.2, 0) is 14.3 Å². The van der Waals surface area contributed by atoms with E-state index in [9.17, 15) is 4.79 Å². The Morgan fingerprint density at radius 3 is 2.79 bits per heavy atom. The second kappa shape index (κ2) is 9.43. The third-order valence-electron chi connectivity index (χ3n) is 1.63. The molecule has 1 atom stereocenters. The summed E-state index contributed by atoms with van der Waals surface area (Å²) in [5.41, 5.74) is 0. The first-order chi connectivity index (χ1) is 6.74. The van der Waals surface area contributed by atoms with Gasteiger partial charge in [0.2, 0.25) is 5.91 Å². The molecule has 0 fully saturated rings. The van der Waals surface area contributed by atoms with E-state index in [1.807, 2.05) is 6.92 Å². The average Bonchev–Trinajstić information content (AvgIpc) is 2.15. The third-order valence-corrected chi connectivity index (χ3v) is 2.09. The van der Waals surface area contributed by atoms with E-state index in [-0.39, 0.29) is 18.6 Å². The fraction of sp³-hybridized carbons (Fsp3) is 0.889. The summed E-state index contributed by atoms with van der Waals surface area (Å²) in [6.07, 6.45) is 0.853. The zero-order valence-electron chi connectivity index (χ0n) is 8.72. The molecule has 0 rings (SSSR count). The van der Waals surface area contributed by atoms with Gasteiger partial charge >= 0.3 is 0 Å². The van der Waals surface area contributed by atoms with Crippen LogP contribution in [0.3, 0.4) is 0 Å². The van der Waals surface area contributed by atoms with Gasteiger partial charge in [0.25, 0.3) is 0 Å². The number of ether oxygens (including phenoxy) is 2. The summed E-state index contributed by atoms with van der Waals surface area (Å²) in [4.78, 5) is 11.3. The van der Waals surface area contributed by atoms with Gasteiger partial charge in [-0.15, -0.1) is 0 Å². The number of halogens is 1. The SMILES string of the molecule is CCOCC(=O)NC(CCBr)COC. The van der Waals surface area contributed by atoms with Crippen molar-refractivity contribution in [2.45, 2.75) is 19.4 Å². The van der Waals surface area contributed by atoms with E-state index in [4.69, 9.17) is 9.47 Å². The number of carbonyl (C=O) groups excluding carboxylic acids is 1. The van der Waals surface area contributed by atoms with Crippen molar-refractivity contribution in [3.8, 4) is 0 Å². The Balaban J connectivity index is 3.71. The highest BCUT2D eigenvalue weighted by molar-refractivity contribution is 9.09. The Hall–Kier alpha value is -0.130. The van der Waals surface area contributed by atoms with Crippen molar-refractivity contribution in [3.05, 3.63) is 0 Å². The van der Waals surface area contributed by atoms with Crippen LogP contribution in [0.4, 0.5) is 0 Å². The molecule has 0 aromatic carbocycles. The van der Waals surface area contributed by atoms with Gasteiger partial charge in [-0.05, 0) is 13.3 Å². The molecule has 0 aromatic rings. The first-order valence-electron chi connectivity index (χ1n) is 4.66. The quantitative estimate of drug-likeness (QED) is 0.666. The summed E-state index contributed by atoms with van der Waals surface area (Å²) >= 11 is 3.32. The maximum atomic E-state index is 11.3. The molecular weight excluding hydrogens is 250 g/mol. The summed E-state index contributed by atoms with van der Waals surface area (Å²) in [7, 11) is 1.62. The van der Waals surface area contributed by atoms with E-state index in [2.05, 4.69) is 21.2 Å². The number of nitrogens with one attached hydrogen (secondary N) is 1. The van der Waals surface area contributed by atoms with E-state index in [1.165, 1.54) is 0 Å². The number of carbonyl (C=O) groups is 1. The molecule has 0 aliphatic heterocycles. The number of hydrogen-bond acceptors (Lipinski definition) is 3. The Labute approximate surface area is 93.5 Å². The van der Waals surface area contributed by atoms with Crippen molar-refractivity contribution in [1.29, 1.82) is 0 Å². The van der Waals surface area contributed by atoms with Crippen molar-refractivity contribution in [1.82, 2.24) is 5.32 Å². The monoisotopic (exact) mass is 267 g/mol. The van der Waals surface area contributed by atoms with Gasteiger partial charge in [-0.1, -0.05) is 15.9 Å². The van der Waals surface area contributed by atoms with E-state index in [0.717, 1.165) is 11.8 Å². The normalized spacial score (nSPS) is 12.5. The van der Waals surface area contributed by atoms with Gasteiger partial charge in [-0.2, -0.15) is 0 Å². The maximum Gasteiger partial charge on any atom is 0.246 e. The Kier molecular flexibility index (Phi) is 9.34. The van der Waals surface area contributed by atoms with Crippen LogP contribution in [0.2, 0.25) is 0 Å². The van der Waals surface area contributed by atoms with Gasteiger partial charge in [-0.3, -0.25) is 4.79 Å². The molecule has 1 N–H and O–H groups in total. The van der Waals surface area contributed by atoms with Gasteiger partial charge in [0, 0.05) is 19.0 Å². The predicted molar refractivity (Wildman–Crippen MR) is 58.7 cm³/mol. The van der Waals surface area contributed by atoms with Crippen molar-refractivity contribution in [3.63, 3.8) is 0 Å².